The second kappa shape index (κ2) is 6.89. The van der Waals surface area contributed by atoms with E-state index < -0.39 is 30.9 Å². The van der Waals surface area contributed by atoms with Crippen molar-refractivity contribution in [1.29, 1.82) is 0 Å². The molecule has 6 heteroatoms. The first-order valence-corrected chi connectivity index (χ1v) is 5.83. The molecule has 0 saturated heterocycles. The molecular weight excluding hydrogens is 273 g/mol. The summed E-state index contributed by atoms with van der Waals surface area (Å²) < 4.78 is 12.4. The number of rotatable bonds is 7. The van der Waals surface area contributed by atoms with Crippen LogP contribution in [0.2, 0.25) is 5.02 Å². The van der Waals surface area contributed by atoms with Crippen molar-refractivity contribution in [2.24, 2.45) is 0 Å². The average Bonchev–Trinajstić information content (AvgIpc) is 2.37. The van der Waals surface area contributed by atoms with E-state index >= 15 is 0 Å². The van der Waals surface area contributed by atoms with Crippen LogP contribution >= 0.6 is 11.6 Å². The second-order valence-corrected chi connectivity index (χ2v) is 4.32. The molecular formula is C13H13ClFNO3. The van der Waals surface area contributed by atoms with Gasteiger partial charge in [0.1, 0.15) is 6.67 Å². The normalized spacial score (nSPS) is 11.7. The number of ketones is 1. The summed E-state index contributed by atoms with van der Waals surface area (Å²) >= 11 is 5.73. The van der Waals surface area contributed by atoms with Crippen LogP contribution in [0, 0.1) is 0 Å². The Hall–Kier alpha value is -1.88. The highest BCUT2D eigenvalue weighted by Crippen LogP contribution is 2.15. The molecule has 0 bridgehead atoms. The summed E-state index contributed by atoms with van der Waals surface area (Å²) in [4.78, 5) is 21.9. The van der Waals surface area contributed by atoms with Crippen molar-refractivity contribution >= 4 is 29.1 Å². The maximum atomic E-state index is 12.4. The van der Waals surface area contributed by atoms with Gasteiger partial charge in [0.05, 0.1) is 12.5 Å². The van der Waals surface area contributed by atoms with E-state index in [2.05, 4.69) is 11.9 Å². The Bertz CT molecular complexity index is 487. The molecule has 4 nitrogen and oxygen atoms in total. The number of hydrogen-bond acceptors (Lipinski definition) is 3. The molecule has 0 spiro atoms. The number of carbonyl (C=O) groups excluding carboxylic acids is 1. The molecule has 0 aliphatic heterocycles. The van der Waals surface area contributed by atoms with Crippen LogP contribution in [0.25, 0.3) is 5.70 Å². The smallest absolute Gasteiger partial charge is 0.305 e. The van der Waals surface area contributed by atoms with Gasteiger partial charge in [-0.05, 0) is 17.7 Å². The minimum Gasteiger partial charge on any atom is -0.481 e. The summed E-state index contributed by atoms with van der Waals surface area (Å²) in [5.74, 6) is -2.01. The second-order valence-electron chi connectivity index (χ2n) is 3.88. The molecule has 1 atom stereocenters. The highest BCUT2D eigenvalue weighted by molar-refractivity contribution is 6.30. The van der Waals surface area contributed by atoms with Crippen LogP contribution in [-0.2, 0) is 9.59 Å². The molecule has 0 aliphatic rings. The maximum absolute atomic E-state index is 12.4. The predicted molar refractivity (Wildman–Crippen MR) is 70.6 cm³/mol. The largest absolute Gasteiger partial charge is 0.481 e. The van der Waals surface area contributed by atoms with Gasteiger partial charge in [-0.1, -0.05) is 30.3 Å². The number of hydrogen-bond donors (Lipinski definition) is 2. The van der Waals surface area contributed by atoms with E-state index in [1.807, 2.05) is 0 Å². The van der Waals surface area contributed by atoms with Gasteiger partial charge in [0.2, 0.25) is 0 Å². The van der Waals surface area contributed by atoms with Crippen molar-refractivity contribution < 1.29 is 19.1 Å². The number of carboxylic acid groups (broad SMARTS) is 1. The summed E-state index contributed by atoms with van der Waals surface area (Å²) in [5, 5.41) is 11.9. The molecule has 0 radical (unpaired) electrons. The number of benzene rings is 1. The predicted octanol–water partition coefficient (Wildman–Crippen LogP) is 2.28. The zero-order valence-electron chi connectivity index (χ0n) is 10.0. The summed E-state index contributed by atoms with van der Waals surface area (Å²) in [6.45, 7) is 2.47. The molecule has 0 fully saturated rings. The number of Topliss-reactive ketones (excluding diaryl/α,β-unsaturated/α-hetero) is 1. The fourth-order valence-electron chi connectivity index (χ4n) is 1.46. The van der Waals surface area contributed by atoms with Crippen molar-refractivity contribution in [1.82, 2.24) is 5.32 Å². The summed E-state index contributed by atoms with van der Waals surface area (Å²) in [6, 6.07) is 5.45. The first-order valence-electron chi connectivity index (χ1n) is 5.46. The topological polar surface area (TPSA) is 66.4 Å². The molecule has 0 heterocycles. The molecule has 0 aliphatic carbocycles. The lowest BCUT2D eigenvalue weighted by molar-refractivity contribution is -0.139. The number of halogens is 2. The molecule has 1 rings (SSSR count). The Kier molecular flexibility index (Phi) is 5.51. The molecule has 0 amide bonds. The van der Waals surface area contributed by atoms with Crippen molar-refractivity contribution in [3.63, 3.8) is 0 Å². The van der Waals surface area contributed by atoms with E-state index in [1.54, 1.807) is 24.3 Å². The monoisotopic (exact) mass is 285 g/mol. The number of carbonyl (C=O) groups is 2. The van der Waals surface area contributed by atoms with Gasteiger partial charge in [-0.25, -0.2) is 4.39 Å². The van der Waals surface area contributed by atoms with Crippen molar-refractivity contribution in [2.75, 3.05) is 6.67 Å². The van der Waals surface area contributed by atoms with E-state index in [0.29, 0.717) is 16.3 Å². The average molecular weight is 286 g/mol. The van der Waals surface area contributed by atoms with Gasteiger partial charge in [0.15, 0.2) is 5.78 Å². The lowest BCUT2D eigenvalue weighted by Crippen LogP contribution is -2.38. The van der Waals surface area contributed by atoms with Gasteiger partial charge in [0.25, 0.3) is 0 Å². The summed E-state index contributed by atoms with van der Waals surface area (Å²) in [5.41, 5.74) is 0.983. The third-order valence-corrected chi connectivity index (χ3v) is 2.69. The van der Waals surface area contributed by atoms with Gasteiger partial charge in [-0.3, -0.25) is 9.59 Å². The number of alkyl halides is 1. The lowest BCUT2D eigenvalue weighted by Gasteiger charge is -2.17. The summed E-state index contributed by atoms with van der Waals surface area (Å²) in [7, 11) is 0. The SMILES string of the molecule is C=C(NC(CC(=O)O)C(=O)CF)c1ccc(Cl)cc1. The fraction of sp³-hybridized carbons (Fsp3) is 0.231. The van der Waals surface area contributed by atoms with E-state index in [4.69, 9.17) is 16.7 Å². The van der Waals surface area contributed by atoms with E-state index in [1.165, 1.54) is 0 Å². The van der Waals surface area contributed by atoms with Crippen molar-refractivity contribution in [2.45, 2.75) is 12.5 Å². The maximum Gasteiger partial charge on any atom is 0.305 e. The van der Waals surface area contributed by atoms with Crippen molar-refractivity contribution in [3.8, 4) is 0 Å². The first-order chi connectivity index (χ1) is 8.93. The lowest BCUT2D eigenvalue weighted by atomic mass is 10.1. The molecule has 1 aromatic rings. The third-order valence-electron chi connectivity index (χ3n) is 2.44. The standard InChI is InChI=1S/C13H13ClFNO3/c1-8(9-2-4-10(14)5-3-9)16-11(6-13(18)19)12(17)7-15/h2-5,11,16H,1,6-7H2,(H,18,19). The number of carboxylic acids is 1. The first kappa shape index (κ1) is 15.2. The molecule has 0 saturated carbocycles. The number of aliphatic carboxylic acids is 1. The van der Waals surface area contributed by atoms with Crippen LogP contribution < -0.4 is 5.32 Å². The van der Waals surface area contributed by atoms with E-state index in [0.717, 1.165) is 0 Å². The minimum atomic E-state index is -1.22. The highest BCUT2D eigenvalue weighted by Gasteiger charge is 2.21. The molecule has 0 aromatic heterocycles. The molecule has 1 unspecified atom stereocenters. The van der Waals surface area contributed by atoms with Gasteiger partial charge < -0.3 is 10.4 Å². The Morgan fingerprint density at radius 2 is 1.95 bits per heavy atom. The van der Waals surface area contributed by atoms with Crippen molar-refractivity contribution in [3.05, 3.63) is 41.4 Å². The molecule has 19 heavy (non-hydrogen) atoms. The molecule has 2 N–H and O–H groups in total. The van der Waals surface area contributed by atoms with E-state index in [-0.39, 0.29) is 0 Å². The van der Waals surface area contributed by atoms with Gasteiger partial charge >= 0.3 is 5.97 Å². The van der Waals surface area contributed by atoms with Crippen LogP contribution in [0.15, 0.2) is 30.8 Å². The van der Waals surface area contributed by atoms with Gasteiger partial charge in [-0.15, -0.1) is 0 Å². The van der Waals surface area contributed by atoms with Crippen LogP contribution in [-0.4, -0.2) is 29.6 Å². The minimum absolute atomic E-state index is 0.338. The molecule has 102 valence electrons. The Labute approximate surface area is 114 Å². The third kappa shape index (κ3) is 4.71. The van der Waals surface area contributed by atoms with E-state index in [9.17, 15) is 14.0 Å². The fourth-order valence-corrected chi connectivity index (χ4v) is 1.58. The van der Waals surface area contributed by atoms with Crippen LogP contribution in [0.3, 0.4) is 0 Å². The Morgan fingerprint density at radius 3 is 2.42 bits per heavy atom. The van der Waals surface area contributed by atoms with Crippen LogP contribution in [0.1, 0.15) is 12.0 Å². The summed E-state index contributed by atoms with van der Waals surface area (Å²) in [6.07, 6.45) is -0.505. The highest BCUT2D eigenvalue weighted by atomic mass is 35.5. The Morgan fingerprint density at radius 1 is 1.37 bits per heavy atom. The zero-order valence-corrected chi connectivity index (χ0v) is 10.8. The Balaban J connectivity index is 2.78. The van der Waals surface area contributed by atoms with Crippen LogP contribution in [0.5, 0.6) is 0 Å². The van der Waals surface area contributed by atoms with Crippen LogP contribution in [0.4, 0.5) is 4.39 Å². The quantitative estimate of drug-likeness (QED) is 0.806. The van der Waals surface area contributed by atoms with Gasteiger partial charge in [0, 0.05) is 10.7 Å². The number of nitrogens with one attached hydrogen (secondary N) is 1. The molecule has 1 aromatic carbocycles. The van der Waals surface area contributed by atoms with Gasteiger partial charge in [-0.2, -0.15) is 0 Å². The zero-order chi connectivity index (χ0) is 14.4.